The van der Waals surface area contributed by atoms with E-state index in [0.717, 1.165) is 6.42 Å². The molecule has 3 atom stereocenters. The third-order valence-electron chi connectivity index (χ3n) is 1.92. The molecule has 0 unspecified atom stereocenters. The lowest BCUT2D eigenvalue weighted by Crippen LogP contribution is -2.43. The topological polar surface area (TPSA) is 49.7 Å². The molecule has 0 spiro atoms. The van der Waals surface area contributed by atoms with Crippen molar-refractivity contribution in [2.75, 3.05) is 6.61 Å². The Bertz CT molecular complexity index is 122. The van der Waals surface area contributed by atoms with Gasteiger partial charge in [-0.25, -0.2) is 0 Å². The van der Waals surface area contributed by atoms with Gasteiger partial charge in [0.1, 0.15) is 6.10 Å². The summed E-state index contributed by atoms with van der Waals surface area (Å²) in [4.78, 5) is 0. The summed E-state index contributed by atoms with van der Waals surface area (Å²) >= 11 is 0. The lowest BCUT2D eigenvalue weighted by atomic mass is 10.0. The molecule has 2 N–H and O–H groups in total. The molecule has 4 heteroatoms. The van der Waals surface area contributed by atoms with E-state index in [1.807, 2.05) is 6.92 Å². The minimum absolute atomic E-state index is 0. The molecule has 0 bridgehead atoms. The number of aliphatic hydroxyl groups is 2. The second-order valence-electron chi connectivity index (χ2n) is 3.37. The van der Waals surface area contributed by atoms with Crippen LogP contribution in [-0.2, 0) is 4.74 Å². The van der Waals surface area contributed by atoms with Crippen molar-refractivity contribution < 1.29 is 14.9 Å². The van der Waals surface area contributed by atoms with Crippen LogP contribution in [0.25, 0.3) is 0 Å². The van der Waals surface area contributed by atoms with E-state index >= 15 is 0 Å². The zero-order chi connectivity index (χ0) is 10.3. The fraction of sp³-hybridized carbons (Fsp3) is 1.00. The molecule has 0 aromatic rings. The van der Waals surface area contributed by atoms with E-state index in [0.29, 0.717) is 13.0 Å². The number of ether oxygens (including phenoxy) is 1. The summed E-state index contributed by atoms with van der Waals surface area (Å²) in [6.45, 7) is 6.75. The van der Waals surface area contributed by atoms with E-state index in [1.165, 1.54) is 6.42 Å². The second-order valence-corrected chi connectivity index (χ2v) is 3.37. The Kier molecular flexibility index (Phi) is 12.3. The summed E-state index contributed by atoms with van der Waals surface area (Å²) < 4.78 is 5.20. The highest BCUT2D eigenvalue weighted by Crippen LogP contribution is 2.16. The van der Waals surface area contributed by atoms with Crippen LogP contribution in [0.2, 0.25) is 0 Å². The largest absolute Gasteiger partial charge is 0.390 e. The Morgan fingerprint density at radius 3 is 2.07 bits per heavy atom. The summed E-state index contributed by atoms with van der Waals surface area (Å²) in [5.41, 5.74) is 0. The van der Waals surface area contributed by atoms with Crippen LogP contribution >= 0.6 is 24.0 Å². The van der Waals surface area contributed by atoms with Gasteiger partial charge in [0.2, 0.25) is 0 Å². The molecule has 0 amide bonds. The average molecular weight is 318 g/mol. The first-order chi connectivity index (χ1) is 6.17. The molecule has 0 radical (unpaired) electrons. The third kappa shape index (κ3) is 6.16. The number of halogens is 1. The van der Waals surface area contributed by atoms with Crippen LogP contribution in [0.3, 0.4) is 0 Å². The maximum Gasteiger partial charge on any atom is 0.106 e. The molecule has 88 valence electrons. The predicted molar refractivity (Wildman–Crippen MR) is 68.0 cm³/mol. The fourth-order valence-electron chi connectivity index (χ4n) is 1.22. The Balaban J connectivity index is 0. The van der Waals surface area contributed by atoms with Gasteiger partial charge in [-0.15, -0.1) is 24.0 Å². The monoisotopic (exact) mass is 318 g/mol. The van der Waals surface area contributed by atoms with Crippen molar-refractivity contribution >= 4 is 24.0 Å². The van der Waals surface area contributed by atoms with Gasteiger partial charge in [-0.3, -0.25) is 0 Å². The van der Waals surface area contributed by atoms with Gasteiger partial charge in [-0.05, 0) is 12.8 Å². The van der Waals surface area contributed by atoms with Crippen LogP contribution in [0.4, 0.5) is 0 Å². The average Bonchev–Trinajstić information content (AvgIpc) is 2.11. The smallest absolute Gasteiger partial charge is 0.106 e. The molecule has 1 aliphatic rings. The lowest BCUT2D eigenvalue weighted by molar-refractivity contribution is -0.135. The molecular formula is C10H23IO3. The maximum absolute atomic E-state index is 9.26. The Morgan fingerprint density at radius 1 is 1.21 bits per heavy atom. The summed E-state index contributed by atoms with van der Waals surface area (Å²) in [5, 5.41) is 18.4. The van der Waals surface area contributed by atoms with Crippen LogP contribution in [-0.4, -0.2) is 35.1 Å². The zero-order valence-electron chi connectivity index (χ0n) is 9.27. The minimum Gasteiger partial charge on any atom is -0.390 e. The molecule has 1 heterocycles. The first-order valence-corrected chi connectivity index (χ1v) is 5.15. The van der Waals surface area contributed by atoms with Crippen LogP contribution in [0.5, 0.6) is 0 Å². The highest BCUT2D eigenvalue weighted by molar-refractivity contribution is 14.0. The van der Waals surface area contributed by atoms with E-state index in [-0.39, 0.29) is 30.1 Å². The van der Waals surface area contributed by atoms with Gasteiger partial charge < -0.3 is 14.9 Å². The first kappa shape index (κ1) is 17.0. The molecular weight excluding hydrogens is 295 g/mol. The van der Waals surface area contributed by atoms with E-state index in [1.54, 1.807) is 0 Å². The third-order valence-corrected chi connectivity index (χ3v) is 1.92. The molecule has 0 aliphatic carbocycles. The number of hydrogen-bond acceptors (Lipinski definition) is 3. The molecule has 0 aromatic heterocycles. The molecule has 1 rings (SSSR count). The van der Waals surface area contributed by atoms with E-state index in [2.05, 4.69) is 13.8 Å². The Morgan fingerprint density at radius 2 is 1.71 bits per heavy atom. The summed E-state index contributed by atoms with van der Waals surface area (Å²) in [6, 6.07) is 0. The first-order valence-electron chi connectivity index (χ1n) is 5.15. The highest BCUT2D eigenvalue weighted by atomic mass is 127. The molecule has 0 aromatic carbocycles. The number of aliphatic hydroxyl groups excluding tert-OH is 2. The molecule has 14 heavy (non-hydrogen) atoms. The van der Waals surface area contributed by atoms with E-state index in [4.69, 9.17) is 9.84 Å². The molecule has 1 fully saturated rings. The number of rotatable bonds is 1. The van der Waals surface area contributed by atoms with Crippen LogP contribution in [0.1, 0.15) is 40.0 Å². The fourth-order valence-corrected chi connectivity index (χ4v) is 1.22. The van der Waals surface area contributed by atoms with Crippen molar-refractivity contribution in [3.63, 3.8) is 0 Å². The van der Waals surface area contributed by atoms with Crippen molar-refractivity contribution in [1.82, 2.24) is 0 Å². The zero-order valence-corrected chi connectivity index (χ0v) is 11.6. The maximum atomic E-state index is 9.26. The lowest BCUT2D eigenvalue weighted by Gasteiger charge is -2.31. The normalized spacial score (nSPS) is 31.1. The van der Waals surface area contributed by atoms with Crippen molar-refractivity contribution in [3.8, 4) is 0 Å². The summed E-state index contributed by atoms with van der Waals surface area (Å²) in [6.07, 6.45) is 1.14. The van der Waals surface area contributed by atoms with Gasteiger partial charge in [0, 0.05) is 6.61 Å². The molecule has 3 nitrogen and oxygen atoms in total. The summed E-state index contributed by atoms with van der Waals surface area (Å²) in [5.74, 6) is 0. The Hall–Kier alpha value is 0.610. The standard InChI is InChI=1S/C7H14O3.C3H8.HI/c1-2-6-7(9)5(8)3-4-10-6;1-3-2;/h5-9H,2-4H2,1H3;3H2,1-2H3;1H/t5-,6-,7+;;/m1../s1. The van der Waals surface area contributed by atoms with Crippen LogP contribution in [0.15, 0.2) is 0 Å². The van der Waals surface area contributed by atoms with Gasteiger partial charge in [-0.2, -0.15) is 0 Å². The van der Waals surface area contributed by atoms with Gasteiger partial charge in [0.25, 0.3) is 0 Å². The quantitative estimate of drug-likeness (QED) is 0.727. The molecule has 1 aliphatic heterocycles. The summed E-state index contributed by atoms with van der Waals surface area (Å²) in [7, 11) is 0. The van der Waals surface area contributed by atoms with Crippen molar-refractivity contribution in [3.05, 3.63) is 0 Å². The van der Waals surface area contributed by atoms with Crippen molar-refractivity contribution in [2.45, 2.75) is 58.3 Å². The van der Waals surface area contributed by atoms with Crippen molar-refractivity contribution in [2.24, 2.45) is 0 Å². The van der Waals surface area contributed by atoms with Gasteiger partial charge >= 0.3 is 0 Å². The van der Waals surface area contributed by atoms with Crippen LogP contribution < -0.4 is 0 Å². The van der Waals surface area contributed by atoms with Gasteiger partial charge in [0.15, 0.2) is 0 Å². The van der Waals surface area contributed by atoms with Gasteiger partial charge in [-0.1, -0.05) is 27.2 Å². The SMILES string of the molecule is CCC.CC[C@H]1OCC[C@@H](O)[C@@H]1O.I. The predicted octanol–water partition coefficient (Wildman–Crippen LogP) is 1.94. The molecule has 1 saturated heterocycles. The van der Waals surface area contributed by atoms with E-state index < -0.39 is 12.2 Å². The van der Waals surface area contributed by atoms with E-state index in [9.17, 15) is 5.11 Å². The highest BCUT2D eigenvalue weighted by Gasteiger charge is 2.29. The van der Waals surface area contributed by atoms with Gasteiger partial charge in [0.05, 0.1) is 12.2 Å². The second kappa shape index (κ2) is 10.1. The number of hydrogen-bond donors (Lipinski definition) is 2. The van der Waals surface area contributed by atoms with Crippen molar-refractivity contribution in [1.29, 1.82) is 0 Å². The van der Waals surface area contributed by atoms with Crippen LogP contribution in [0, 0.1) is 0 Å². The Labute approximate surface area is 104 Å². The minimum atomic E-state index is -0.682. The molecule has 0 saturated carbocycles.